The molecule has 2 rings (SSSR count). The molecule has 0 saturated carbocycles. The molecule has 1 saturated heterocycles. The van der Waals surface area contributed by atoms with Gasteiger partial charge < -0.3 is 10.6 Å². The molecule has 108 valence electrons. The Morgan fingerprint density at radius 3 is 2.50 bits per heavy atom. The van der Waals surface area contributed by atoms with Gasteiger partial charge in [-0.3, -0.25) is 9.59 Å². The van der Waals surface area contributed by atoms with Gasteiger partial charge in [-0.1, -0.05) is 12.1 Å². The van der Waals surface area contributed by atoms with Crippen LogP contribution in [0.1, 0.15) is 12.0 Å². The first-order valence-electron chi connectivity index (χ1n) is 6.19. The maximum atomic E-state index is 11.8. The molecular formula is C13H16N2O4S. The second kappa shape index (κ2) is 5.62. The average molecular weight is 296 g/mol. The highest BCUT2D eigenvalue weighted by Crippen LogP contribution is 2.11. The van der Waals surface area contributed by atoms with Gasteiger partial charge in [0.1, 0.15) is 0 Å². The Balaban J connectivity index is 1.91. The minimum Gasteiger partial charge on any atom is -0.355 e. The van der Waals surface area contributed by atoms with Gasteiger partial charge in [0.05, 0.1) is 10.8 Å². The van der Waals surface area contributed by atoms with Crippen LogP contribution in [0.2, 0.25) is 0 Å². The van der Waals surface area contributed by atoms with Crippen molar-refractivity contribution < 1.29 is 18.0 Å². The molecule has 0 spiro atoms. The zero-order chi connectivity index (χ0) is 14.8. The fraction of sp³-hybridized carbons (Fsp3) is 0.385. The number of sulfone groups is 1. The average Bonchev–Trinajstić information content (AvgIpc) is 2.82. The first kappa shape index (κ1) is 14.5. The lowest BCUT2D eigenvalue weighted by Crippen LogP contribution is -2.31. The quantitative estimate of drug-likeness (QED) is 0.807. The topological polar surface area (TPSA) is 92.3 Å². The predicted octanol–water partition coefficient (Wildman–Crippen LogP) is -0.158. The number of hydrogen-bond acceptors (Lipinski definition) is 4. The number of hydrogen-bond donors (Lipinski definition) is 2. The first-order chi connectivity index (χ1) is 9.36. The van der Waals surface area contributed by atoms with Crippen LogP contribution in [0.3, 0.4) is 0 Å². The van der Waals surface area contributed by atoms with Gasteiger partial charge >= 0.3 is 0 Å². The van der Waals surface area contributed by atoms with E-state index in [0.717, 1.165) is 11.8 Å². The van der Waals surface area contributed by atoms with Gasteiger partial charge in [0.2, 0.25) is 11.8 Å². The van der Waals surface area contributed by atoms with E-state index in [-0.39, 0.29) is 29.0 Å². The molecule has 1 unspecified atom stereocenters. The zero-order valence-corrected chi connectivity index (χ0v) is 11.9. The highest BCUT2D eigenvalue weighted by molar-refractivity contribution is 7.90. The fourth-order valence-electron chi connectivity index (χ4n) is 1.98. The summed E-state index contributed by atoms with van der Waals surface area (Å²) in [6.07, 6.45) is 1.37. The minimum atomic E-state index is -3.20. The Kier molecular flexibility index (Phi) is 4.08. The van der Waals surface area contributed by atoms with Crippen molar-refractivity contribution in [2.75, 3.05) is 12.8 Å². The van der Waals surface area contributed by atoms with Crippen LogP contribution in [-0.2, 0) is 26.0 Å². The maximum absolute atomic E-state index is 11.8. The van der Waals surface area contributed by atoms with Gasteiger partial charge in [0.15, 0.2) is 9.84 Å². The van der Waals surface area contributed by atoms with Crippen molar-refractivity contribution >= 4 is 21.7 Å². The summed E-state index contributed by atoms with van der Waals surface area (Å²) in [5.74, 6) is -0.601. The fourth-order valence-corrected chi connectivity index (χ4v) is 2.61. The molecule has 0 bridgehead atoms. The lowest BCUT2D eigenvalue weighted by atomic mass is 10.1. The Labute approximate surface area is 117 Å². The molecule has 1 aliphatic heterocycles. The van der Waals surface area contributed by atoms with E-state index in [1.54, 1.807) is 12.1 Å². The van der Waals surface area contributed by atoms with E-state index in [4.69, 9.17) is 0 Å². The number of rotatable bonds is 4. The van der Waals surface area contributed by atoms with Gasteiger partial charge in [-0.2, -0.15) is 0 Å². The van der Waals surface area contributed by atoms with Crippen molar-refractivity contribution in [1.82, 2.24) is 10.6 Å². The zero-order valence-electron chi connectivity index (χ0n) is 11.0. The molecule has 20 heavy (non-hydrogen) atoms. The molecule has 2 amide bonds. The van der Waals surface area contributed by atoms with Crippen LogP contribution in [0.15, 0.2) is 29.2 Å². The SMILES string of the molecule is CS(=O)(=O)c1ccc(CNC(=O)C2CNC(=O)C2)cc1. The third-order valence-electron chi connectivity index (χ3n) is 3.17. The molecule has 0 radical (unpaired) electrons. The Morgan fingerprint density at radius 1 is 1.35 bits per heavy atom. The van der Waals surface area contributed by atoms with E-state index in [0.29, 0.717) is 13.1 Å². The molecule has 1 fully saturated rings. The van der Waals surface area contributed by atoms with Crippen LogP contribution in [-0.4, -0.2) is 33.0 Å². The summed E-state index contributed by atoms with van der Waals surface area (Å²) in [5.41, 5.74) is 0.808. The summed E-state index contributed by atoms with van der Waals surface area (Å²) in [4.78, 5) is 23.1. The lowest BCUT2D eigenvalue weighted by Gasteiger charge is -2.09. The van der Waals surface area contributed by atoms with E-state index < -0.39 is 9.84 Å². The number of benzene rings is 1. The predicted molar refractivity (Wildman–Crippen MR) is 72.5 cm³/mol. The Morgan fingerprint density at radius 2 is 2.00 bits per heavy atom. The third-order valence-corrected chi connectivity index (χ3v) is 4.29. The second-order valence-corrected chi connectivity index (χ2v) is 6.85. The summed E-state index contributed by atoms with van der Waals surface area (Å²) in [6, 6.07) is 6.35. The Bertz CT molecular complexity index is 622. The lowest BCUT2D eigenvalue weighted by molar-refractivity contribution is -0.126. The van der Waals surface area contributed by atoms with Crippen molar-refractivity contribution in [3.63, 3.8) is 0 Å². The number of nitrogens with one attached hydrogen (secondary N) is 2. The highest BCUT2D eigenvalue weighted by Gasteiger charge is 2.27. The number of amides is 2. The summed E-state index contributed by atoms with van der Waals surface area (Å²) < 4.78 is 22.6. The molecule has 1 aromatic rings. The van der Waals surface area contributed by atoms with Gasteiger partial charge in [0, 0.05) is 25.8 Å². The standard InChI is InChI=1S/C13H16N2O4S/c1-20(18,19)11-4-2-9(3-5-11)7-15-13(17)10-6-12(16)14-8-10/h2-5,10H,6-8H2,1H3,(H,14,16)(H,15,17). The first-order valence-corrected chi connectivity index (χ1v) is 8.09. The van der Waals surface area contributed by atoms with Crippen LogP contribution in [0.25, 0.3) is 0 Å². The summed E-state index contributed by atoms with van der Waals surface area (Å²) >= 11 is 0. The highest BCUT2D eigenvalue weighted by atomic mass is 32.2. The summed E-state index contributed by atoms with van der Waals surface area (Å²) in [6.45, 7) is 0.686. The van der Waals surface area contributed by atoms with Crippen molar-refractivity contribution in [1.29, 1.82) is 0 Å². The molecule has 1 aliphatic rings. The van der Waals surface area contributed by atoms with E-state index in [1.165, 1.54) is 12.1 Å². The van der Waals surface area contributed by atoms with Crippen molar-refractivity contribution in [2.45, 2.75) is 17.9 Å². The smallest absolute Gasteiger partial charge is 0.225 e. The summed E-state index contributed by atoms with van der Waals surface area (Å²) in [7, 11) is -3.20. The van der Waals surface area contributed by atoms with Crippen molar-refractivity contribution in [3.05, 3.63) is 29.8 Å². The van der Waals surface area contributed by atoms with E-state index in [9.17, 15) is 18.0 Å². The molecule has 7 heteroatoms. The molecular weight excluding hydrogens is 280 g/mol. The third kappa shape index (κ3) is 3.57. The normalized spacial score (nSPS) is 18.6. The van der Waals surface area contributed by atoms with Gasteiger partial charge in [-0.05, 0) is 17.7 Å². The van der Waals surface area contributed by atoms with Crippen LogP contribution in [0.5, 0.6) is 0 Å². The van der Waals surface area contributed by atoms with E-state index >= 15 is 0 Å². The van der Waals surface area contributed by atoms with Gasteiger partial charge in [-0.25, -0.2) is 8.42 Å². The maximum Gasteiger partial charge on any atom is 0.225 e. The molecule has 1 aromatic carbocycles. The minimum absolute atomic E-state index is 0.109. The number of carbonyl (C=O) groups is 2. The Hall–Kier alpha value is -1.89. The number of carbonyl (C=O) groups excluding carboxylic acids is 2. The van der Waals surface area contributed by atoms with Crippen molar-refractivity contribution in [2.24, 2.45) is 5.92 Å². The van der Waals surface area contributed by atoms with Crippen LogP contribution < -0.4 is 10.6 Å². The van der Waals surface area contributed by atoms with Gasteiger partial charge in [-0.15, -0.1) is 0 Å². The molecule has 0 aliphatic carbocycles. The second-order valence-electron chi connectivity index (χ2n) is 4.84. The molecule has 6 nitrogen and oxygen atoms in total. The van der Waals surface area contributed by atoms with Crippen molar-refractivity contribution in [3.8, 4) is 0 Å². The van der Waals surface area contributed by atoms with E-state index in [2.05, 4.69) is 10.6 Å². The molecule has 1 heterocycles. The molecule has 1 atom stereocenters. The molecule has 2 N–H and O–H groups in total. The summed E-state index contributed by atoms with van der Waals surface area (Å²) in [5, 5.41) is 5.35. The van der Waals surface area contributed by atoms with E-state index in [1.807, 2.05) is 0 Å². The van der Waals surface area contributed by atoms with Gasteiger partial charge in [0.25, 0.3) is 0 Å². The largest absolute Gasteiger partial charge is 0.355 e. The molecule has 0 aromatic heterocycles. The monoisotopic (exact) mass is 296 g/mol. The van der Waals surface area contributed by atoms with Crippen LogP contribution in [0, 0.1) is 5.92 Å². The van der Waals surface area contributed by atoms with Crippen LogP contribution >= 0.6 is 0 Å². The van der Waals surface area contributed by atoms with Crippen LogP contribution in [0.4, 0.5) is 0 Å².